The number of hydrogen-bond donors (Lipinski definition) is 1. The van der Waals surface area contributed by atoms with Crippen molar-refractivity contribution in [3.63, 3.8) is 0 Å². The van der Waals surface area contributed by atoms with Gasteiger partial charge in [0.25, 0.3) is 10.0 Å². The second kappa shape index (κ2) is 9.59. The minimum atomic E-state index is -3.90. The molecule has 1 atom stereocenters. The van der Waals surface area contributed by atoms with E-state index in [0.29, 0.717) is 12.1 Å². The van der Waals surface area contributed by atoms with E-state index in [1.807, 2.05) is 50.2 Å². The van der Waals surface area contributed by atoms with Crippen molar-refractivity contribution >= 4 is 21.6 Å². The summed E-state index contributed by atoms with van der Waals surface area (Å²) < 4.78 is 27.9. The third kappa shape index (κ3) is 5.07. The highest BCUT2D eigenvalue weighted by Crippen LogP contribution is 2.25. The Morgan fingerprint density at radius 1 is 0.933 bits per heavy atom. The first-order valence-electron chi connectivity index (χ1n) is 9.90. The van der Waals surface area contributed by atoms with Crippen molar-refractivity contribution in [1.29, 1.82) is 0 Å². The zero-order chi connectivity index (χ0) is 21.6. The van der Waals surface area contributed by atoms with Gasteiger partial charge in [0.15, 0.2) is 0 Å². The summed E-state index contributed by atoms with van der Waals surface area (Å²) in [4.78, 5) is 13.1. The predicted octanol–water partition coefficient (Wildman–Crippen LogP) is 4.46. The zero-order valence-corrected chi connectivity index (χ0v) is 18.0. The number of benzene rings is 3. The molecule has 0 unspecified atom stereocenters. The number of amides is 1. The lowest BCUT2D eigenvalue weighted by Crippen LogP contribution is -2.42. The first-order valence-corrected chi connectivity index (χ1v) is 11.3. The van der Waals surface area contributed by atoms with E-state index in [2.05, 4.69) is 5.32 Å². The van der Waals surface area contributed by atoms with Gasteiger partial charge >= 0.3 is 0 Å². The smallest absolute Gasteiger partial charge is 0.264 e. The standard InChI is InChI=1S/C24H26N2O3S/c1-3-23(20-12-6-4-7-13-20)25-24(27)18-26(21-14-10-11-19(2)17-21)30(28,29)22-15-8-5-9-16-22/h4-17,23H,3,18H2,1-2H3,(H,25,27)/t23-/m0/s1. The van der Waals surface area contributed by atoms with Crippen LogP contribution >= 0.6 is 0 Å². The van der Waals surface area contributed by atoms with E-state index in [4.69, 9.17) is 0 Å². The van der Waals surface area contributed by atoms with Crippen LogP contribution in [0.3, 0.4) is 0 Å². The highest BCUT2D eigenvalue weighted by atomic mass is 32.2. The van der Waals surface area contributed by atoms with E-state index >= 15 is 0 Å². The molecular formula is C24H26N2O3S. The Kier molecular flexibility index (Phi) is 6.90. The van der Waals surface area contributed by atoms with Crippen LogP contribution in [0.1, 0.15) is 30.5 Å². The topological polar surface area (TPSA) is 66.5 Å². The second-order valence-electron chi connectivity index (χ2n) is 7.10. The lowest BCUT2D eigenvalue weighted by atomic mass is 10.0. The first kappa shape index (κ1) is 21.6. The second-order valence-corrected chi connectivity index (χ2v) is 8.97. The van der Waals surface area contributed by atoms with Crippen LogP contribution in [0.5, 0.6) is 0 Å². The fourth-order valence-corrected chi connectivity index (χ4v) is 4.73. The highest BCUT2D eigenvalue weighted by Gasteiger charge is 2.27. The molecule has 0 saturated carbocycles. The molecule has 156 valence electrons. The largest absolute Gasteiger partial charge is 0.348 e. The molecule has 0 aliphatic carbocycles. The summed E-state index contributed by atoms with van der Waals surface area (Å²) in [5, 5.41) is 2.98. The molecule has 0 fully saturated rings. The summed E-state index contributed by atoms with van der Waals surface area (Å²) in [5.41, 5.74) is 2.36. The Balaban J connectivity index is 1.90. The maximum Gasteiger partial charge on any atom is 0.264 e. The van der Waals surface area contributed by atoms with Crippen LogP contribution in [-0.4, -0.2) is 20.9 Å². The minimum absolute atomic E-state index is 0.148. The molecular weight excluding hydrogens is 396 g/mol. The van der Waals surface area contributed by atoms with Gasteiger partial charge in [0.05, 0.1) is 16.6 Å². The first-order chi connectivity index (χ1) is 14.4. The summed E-state index contributed by atoms with van der Waals surface area (Å²) in [6, 6.07) is 24.8. The van der Waals surface area contributed by atoms with E-state index in [-0.39, 0.29) is 23.4 Å². The predicted molar refractivity (Wildman–Crippen MR) is 120 cm³/mol. The van der Waals surface area contributed by atoms with Gasteiger partial charge in [-0.15, -0.1) is 0 Å². The zero-order valence-electron chi connectivity index (χ0n) is 17.2. The molecule has 3 aromatic carbocycles. The Morgan fingerprint density at radius 2 is 1.57 bits per heavy atom. The molecule has 3 rings (SSSR count). The van der Waals surface area contributed by atoms with Crippen molar-refractivity contribution in [1.82, 2.24) is 5.32 Å². The molecule has 0 saturated heterocycles. The number of nitrogens with one attached hydrogen (secondary N) is 1. The van der Waals surface area contributed by atoms with Gasteiger partial charge in [0.2, 0.25) is 5.91 Å². The fraction of sp³-hybridized carbons (Fsp3) is 0.208. The number of nitrogens with zero attached hydrogens (tertiary/aromatic N) is 1. The van der Waals surface area contributed by atoms with E-state index in [0.717, 1.165) is 11.1 Å². The van der Waals surface area contributed by atoms with Gasteiger partial charge in [-0.2, -0.15) is 0 Å². The van der Waals surface area contributed by atoms with Crippen molar-refractivity contribution in [3.05, 3.63) is 96.1 Å². The summed E-state index contributed by atoms with van der Waals surface area (Å²) in [6.45, 7) is 3.57. The van der Waals surface area contributed by atoms with Crippen molar-refractivity contribution < 1.29 is 13.2 Å². The van der Waals surface area contributed by atoms with Crippen LogP contribution < -0.4 is 9.62 Å². The molecule has 5 nitrogen and oxygen atoms in total. The van der Waals surface area contributed by atoms with E-state index < -0.39 is 10.0 Å². The average molecular weight is 423 g/mol. The average Bonchev–Trinajstić information content (AvgIpc) is 2.77. The molecule has 0 bridgehead atoms. The lowest BCUT2D eigenvalue weighted by molar-refractivity contribution is -0.120. The van der Waals surface area contributed by atoms with Crippen molar-refractivity contribution in [2.75, 3.05) is 10.8 Å². The number of hydrogen-bond acceptors (Lipinski definition) is 3. The molecule has 6 heteroatoms. The van der Waals surface area contributed by atoms with Crippen LogP contribution in [0, 0.1) is 6.92 Å². The molecule has 0 radical (unpaired) electrons. The Labute approximate surface area is 178 Å². The summed E-state index contributed by atoms with van der Waals surface area (Å²) in [6.07, 6.45) is 0.700. The Morgan fingerprint density at radius 3 is 2.17 bits per heavy atom. The lowest BCUT2D eigenvalue weighted by Gasteiger charge is -2.26. The van der Waals surface area contributed by atoms with Crippen molar-refractivity contribution in [2.24, 2.45) is 0 Å². The third-order valence-electron chi connectivity index (χ3n) is 4.85. The summed E-state index contributed by atoms with van der Waals surface area (Å²) in [5.74, 6) is -0.355. The molecule has 0 spiro atoms. The molecule has 1 amide bonds. The van der Waals surface area contributed by atoms with Crippen molar-refractivity contribution in [3.8, 4) is 0 Å². The highest BCUT2D eigenvalue weighted by molar-refractivity contribution is 7.92. The molecule has 1 N–H and O–H groups in total. The van der Waals surface area contributed by atoms with E-state index in [1.165, 1.54) is 16.4 Å². The normalized spacial score (nSPS) is 12.2. The van der Waals surface area contributed by atoms with Gasteiger partial charge in [-0.25, -0.2) is 8.42 Å². The van der Waals surface area contributed by atoms with Crippen LogP contribution in [0.25, 0.3) is 0 Å². The van der Waals surface area contributed by atoms with Gasteiger partial charge in [0, 0.05) is 0 Å². The van der Waals surface area contributed by atoms with Gasteiger partial charge in [-0.1, -0.05) is 67.6 Å². The van der Waals surface area contributed by atoms with Gasteiger partial charge in [0.1, 0.15) is 6.54 Å². The summed E-state index contributed by atoms with van der Waals surface area (Å²) >= 11 is 0. The maximum atomic E-state index is 13.4. The number of aryl methyl sites for hydroxylation is 1. The molecule has 30 heavy (non-hydrogen) atoms. The minimum Gasteiger partial charge on any atom is -0.348 e. The number of rotatable bonds is 8. The SMILES string of the molecule is CC[C@H](NC(=O)CN(c1cccc(C)c1)S(=O)(=O)c1ccccc1)c1ccccc1. The van der Waals surface area contributed by atoms with Crippen molar-refractivity contribution in [2.45, 2.75) is 31.2 Å². The fourth-order valence-electron chi connectivity index (χ4n) is 3.29. The number of carbonyl (C=O) groups is 1. The molecule has 0 heterocycles. The Bertz CT molecular complexity index is 1080. The van der Waals surface area contributed by atoms with E-state index in [1.54, 1.807) is 36.4 Å². The Hall–Kier alpha value is -3.12. The maximum absolute atomic E-state index is 13.4. The summed E-state index contributed by atoms with van der Waals surface area (Å²) in [7, 11) is -3.90. The molecule has 0 aliphatic rings. The van der Waals surface area contributed by atoms with Crippen LogP contribution in [0.2, 0.25) is 0 Å². The third-order valence-corrected chi connectivity index (χ3v) is 6.64. The number of anilines is 1. The van der Waals surface area contributed by atoms with Crippen LogP contribution in [0.4, 0.5) is 5.69 Å². The van der Waals surface area contributed by atoms with Gasteiger partial charge in [-0.3, -0.25) is 9.10 Å². The molecule has 0 aliphatic heterocycles. The quantitative estimate of drug-likeness (QED) is 0.583. The van der Waals surface area contributed by atoms with Crippen LogP contribution in [0.15, 0.2) is 89.8 Å². The van der Waals surface area contributed by atoms with Gasteiger partial charge < -0.3 is 5.32 Å². The number of sulfonamides is 1. The van der Waals surface area contributed by atoms with Crippen LogP contribution in [-0.2, 0) is 14.8 Å². The number of carbonyl (C=O) groups excluding carboxylic acids is 1. The van der Waals surface area contributed by atoms with Gasteiger partial charge in [-0.05, 0) is 48.7 Å². The molecule has 3 aromatic rings. The van der Waals surface area contributed by atoms with E-state index in [9.17, 15) is 13.2 Å². The molecule has 0 aromatic heterocycles. The monoisotopic (exact) mass is 422 g/mol.